The molecule has 1 aliphatic heterocycles. The largest absolute Gasteiger partial charge is 0.385 e. The second-order valence-electron chi connectivity index (χ2n) is 6.49. The van der Waals surface area contributed by atoms with Crippen molar-refractivity contribution in [3.63, 3.8) is 0 Å². The molecule has 1 N–H and O–H groups in total. The number of carbonyl (C=O) groups is 2. The topological polar surface area (TPSA) is 76.5 Å². The number of carbonyl (C=O) groups excluding carboxylic acids is 2. The zero-order chi connectivity index (χ0) is 17.7. The van der Waals surface area contributed by atoms with E-state index in [-0.39, 0.29) is 17.9 Å². The van der Waals surface area contributed by atoms with Crippen LogP contribution in [0.4, 0.5) is 0 Å². The van der Waals surface area contributed by atoms with E-state index in [0.29, 0.717) is 19.6 Å². The van der Waals surface area contributed by atoms with E-state index in [9.17, 15) is 9.59 Å². The molecule has 24 heavy (non-hydrogen) atoms. The summed E-state index contributed by atoms with van der Waals surface area (Å²) in [4.78, 5) is 26.1. The molecule has 0 radical (unpaired) electrons. The number of nitrogens with one attached hydrogen (secondary N) is 1. The molecule has 2 atom stereocenters. The van der Waals surface area contributed by atoms with Gasteiger partial charge in [-0.05, 0) is 39.2 Å². The van der Waals surface area contributed by atoms with Crippen molar-refractivity contribution in [2.45, 2.75) is 52.1 Å². The Balaban J connectivity index is 2.07. The number of methoxy groups -OCH3 is 1. The average Bonchev–Trinajstić information content (AvgIpc) is 2.89. The van der Waals surface area contributed by atoms with Gasteiger partial charge in [-0.25, -0.2) is 0 Å². The lowest BCUT2D eigenvalue weighted by Crippen LogP contribution is -2.51. The van der Waals surface area contributed by atoms with Gasteiger partial charge in [0.1, 0.15) is 6.04 Å². The van der Waals surface area contributed by atoms with Crippen molar-refractivity contribution < 1.29 is 14.3 Å². The second kappa shape index (κ2) is 8.28. The number of hydrogen-bond acceptors (Lipinski definition) is 4. The number of aromatic nitrogens is 2. The molecule has 0 aromatic carbocycles. The Labute approximate surface area is 143 Å². The van der Waals surface area contributed by atoms with E-state index in [1.54, 1.807) is 7.11 Å². The van der Waals surface area contributed by atoms with Crippen molar-refractivity contribution in [1.29, 1.82) is 0 Å². The maximum Gasteiger partial charge on any atom is 0.245 e. The maximum atomic E-state index is 12.8. The molecule has 0 unspecified atom stereocenters. The van der Waals surface area contributed by atoms with Crippen LogP contribution in [0.2, 0.25) is 0 Å². The highest BCUT2D eigenvalue weighted by molar-refractivity contribution is 5.87. The molecule has 134 valence electrons. The monoisotopic (exact) mass is 336 g/mol. The third kappa shape index (κ3) is 4.56. The van der Waals surface area contributed by atoms with Crippen LogP contribution in [0.25, 0.3) is 0 Å². The van der Waals surface area contributed by atoms with Gasteiger partial charge in [-0.1, -0.05) is 0 Å². The molecular weight excluding hydrogens is 308 g/mol. The third-order valence-corrected chi connectivity index (χ3v) is 4.38. The highest BCUT2D eigenvalue weighted by atomic mass is 16.5. The Bertz CT molecular complexity index is 584. The zero-order valence-electron chi connectivity index (χ0n) is 15.0. The van der Waals surface area contributed by atoms with E-state index < -0.39 is 6.04 Å². The Morgan fingerprint density at radius 1 is 1.46 bits per heavy atom. The molecule has 0 aliphatic carbocycles. The molecule has 0 spiro atoms. The van der Waals surface area contributed by atoms with Crippen molar-refractivity contribution in [1.82, 2.24) is 20.0 Å². The molecule has 1 fully saturated rings. The van der Waals surface area contributed by atoms with E-state index in [1.165, 1.54) is 6.92 Å². The number of piperidine rings is 1. The van der Waals surface area contributed by atoms with E-state index in [4.69, 9.17) is 4.74 Å². The average molecular weight is 336 g/mol. The number of hydrogen-bond donors (Lipinski definition) is 1. The normalized spacial score (nSPS) is 19.2. The predicted octanol–water partition coefficient (Wildman–Crippen LogP) is 1.20. The second-order valence-corrected chi connectivity index (χ2v) is 6.49. The number of nitrogens with zero attached hydrogens (tertiary/aromatic N) is 3. The van der Waals surface area contributed by atoms with Crippen molar-refractivity contribution in [3.05, 3.63) is 17.5 Å². The van der Waals surface area contributed by atoms with Gasteiger partial charge in [-0.15, -0.1) is 0 Å². The van der Waals surface area contributed by atoms with Gasteiger partial charge >= 0.3 is 0 Å². The van der Waals surface area contributed by atoms with Crippen LogP contribution in [0.15, 0.2) is 6.07 Å². The number of ether oxygens (including phenoxy) is 1. The highest BCUT2D eigenvalue weighted by Gasteiger charge is 2.30. The van der Waals surface area contributed by atoms with Gasteiger partial charge < -0.3 is 15.0 Å². The number of amides is 2. The summed E-state index contributed by atoms with van der Waals surface area (Å²) in [7, 11) is 1.59. The Morgan fingerprint density at radius 3 is 2.79 bits per heavy atom. The summed E-state index contributed by atoms with van der Waals surface area (Å²) in [6.07, 6.45) is 2.43. The Hall–Kier alpha value is -1.89. The summed E-state index contributed by atoms with van der Waals surface area (Å²) in [5.41, 5.74) is 2.11. The number of likely N-dealkylation sites (tertiary alicyclic amines) is 1. The Morgan fingerprint density at radius 2 is 2.21 bits per heavy atom. The third-order valence-electron chi connectivity index (χ3n) is 4.38. The molecule has 1 aromatic heterocycles. The first kappa shape index (κ1) is 18.4. The van der Waals surface area contributed by atoms with Crippen molar-refractivity contribution in [3.8, 4) is 0 Å². The minimum atomic E-state index is -0.526. The van der Waals surface area contributed by atoms with Crippen LogP contribution in [0.5, 0.6) is 0 Å². The first-order valence-corrected chi connectivity index (χ1v) is 8.50. The minimum Gasteiger partial charge on any atom is -0.385 e. The molecule has 7 heteroatoms. The summed E-state index contributed by atoms with van der Waals surface area (Å²) in [5.74, 6) is -0.231. The number of rotatable bonds is 6. The van der Waals surface area contributed by atoms with Crippen molar-refractivity contribution in [2.75, 3.05) is 26.8 Å². The van der Waals surface area contributed by atoms with Crippen LogP contribution < -0.4 is 5.32 Å². The molecule has 1 aromatic rings. The fourth-order valence-corrected chi connectivity index (χ4v) is 3.33. The van der Waals surface area contributed by atoms with Gasteiger partial charge in [0.15, 0.2) is 0 Å². The molecule has 7 nitrogen and oxygen atoms in total. The lowest BCUT2D eigenvalue weighted by Gasteiger charge is -2.35. The first-order chi connectivity index (χ1) is 11.4. The fraction of sp³-hybridized carbons (Fsp3) is 0.706. The minimum absolute atomic E-state index is 0.0338. The molecule has 2 amide bonds. The van der Waals surface area contributed by atoms with Crippen LogP contribution in [0, 0.1) is 13.8 Å². The van der Waals surface area contributed by atoms with Crippen LogP contribution in [0.1, 0.15) is 43.6 Å². The molecule has 0 bridgehead atoms. The summed E-state index contributed by atoms with van der Waals surface area (Å²) in [6, 6.07) is 1.72. The van der Waals surface area contributed by atoms with E-state index >= 15 is 0 Å². The van der Waals surface area contributed by atoms with Gasteiger partial charge in [0, 0.05) is 39.4 Å². The van der Waals surface area contributed by atoms with Crippen molar-refractivity contribution in [2.24, 2.45) is 0 Å². The predicted molar refractivity (Wildman–Crippen MR) is 90.6 cm³/mol. The van der Waals surface area contributed by atoms with E-state index in [0.717, 1.165) is 30.8 Å². The first-order valence-electron chi connectivity index (χ1n) is 8.50. The van der Waals surface area contributed by atoms with Crippen LogP contribution in [0.3, 0.4) is 0 Å². The van der Waals surface area contributed by atoms with Gasteiger partial charge in [-0.3, -0.25) is 14.3 Å². The van der Waals surface area contributed by atoms with E-state index in [2.05, 4.69) is 16.5 Å². The van der Waals surface area contributed by atoms with Crippen LogP contribution >= 0.6 is 0 Å². The lowest BCUT2D eigenvalue weighted by molar-refractivity contribution is -0.138. The summed E-state index contributed by atoms with van der Waals surface area (Å²) < 4.78 is 7.09. The quantitative estimate of drug-likeness (QED) is 0.847. The summed E-state index contributed by atoms with van der Waals surface area (Å²) >= 11 is 0. The maximum absolute atomic E-state index is 12.8. The molecular formula is C17H28N4O3. The summed E-state index contributed by atoms with van der Waals surface area (Å²) in [5, 5.41) is 7.31. The van der Waals surface area contributed by atoms with Crippen molar-refractivity contribution >= 4 is 11.8 Å². The zero-order valence-corrected chi connectivity index (χ0v) is 15.0. The molecule has 1 aliphatic rings. The highest BCUT2D eigenvalue weighted by Crippen LogP contribution is 2.23. The van der Waals surface area contributed by atoms with E-state index in [1.807, 2.05) is 23.4 Å². The molecule has 2 heterocycles. The van der Waals surface area contributed by atoms with Crippen LogP contribution in [-0.2, 0) is 14.3 Å². The fourth-order valence-electron chi connectivity index (χ4n) is 3.33. The van der Waals surface area contributed by atoms with Gasteiger partial charge in [0.05, 0.1) is 11.7 Å². The standard InChI is InChI=1S/C17H28N4O3/c1-12-10-13(2)21(19-12)15-6-5-8-20(11-15)17(23)16(7-9-24-4)18-14(3)22/h10,15-16H,5-9,11H2,1-4H3,(H,18,22)/t15-,16+/m0/s1. The van der Waals surface area contributed by atoms with Crippen LogP contribution in [-0.4, -0.2) is 59.3 Å². The summed E-state index contributed by atoms with van der Waals surface area (Å²) in [6.45, 7) is 7.24. The molecule has 2 rings (SSSR count). The smallest absolute Gasteiger partial charge is 0.245 e. The number of aryl methyl sites for hydroxylation is 2. The SMILES string of the molecule is COCC[C@@H](NC(C)=O)C(=O)N1CCC[C@H](n2nc(C)cc2C)C1. The Kier molecular flexibility index (Phi) is 6.36. The van der Waals surface area contributed by atoms with Gasteiger partial charge in [-0.2, -0.15) is 5.10 Å². The van der Waals surface area contributed by atoms with Gasteiger partial charge in [0.25, 0.3) is 0 Å². The molecule has 1 saturated heterocycles. The lowest BCUT2D eigenvalue weighted by atomic mass is 10.0. The molecule has 0 saturated carbocycles. The van der Waals surface area contributed by atoms with Gasteiger partial charge in [0.2, 0.25) is 11.8 Å².